The minimum atomic E-state index is -0.237. The Labute approximate surface area is 100 Å². The molecule has 16 heavy (non-hydrogen) atoms. The summed E-state index contributed by atoms with van der Waals surface area (Å²) >= 11 is 5.11. The van der Waals surface area contributed by atoms with E-state index in [1.165, 1.54) is 9.80 Å². The van der Waals surface area contributed by atoms with Crippen molar-refractivity contribution in [3.05, 3.63) is 0 Å². The molecule has 0 N–H and O–H groups in total. The van der Waals surface area contributed by atoms with Crippen LogP contribution in [0.4, 0.5) is 0 Å². The monoisotopic (exact) mass is 244 g/mol. The summed E-state index contributed by atoms with van der Waals surface area (Å²) in [5.74, 6) is -0.454. The zero-order valence-corrected chi connectivity index (χ0v) is 10.4. The van der Waals surface area contributed by atoms with Gasteiger partial charge in [-0.15, -0.1) is 0 Å². The van der Waals surface area contributed by atoms with Crippen LogP contribution < -0.4 is 0 Å². The van der Waals surface area contributed by atoms with Crippen LogP contribution in [0.25, 0.3) is 0 Å². The predicted octanol–water partition coefficient (Wildman–Crippen LogP) is 0.389. The van der Waals surface area contributed by atoms with Crippen LogP contribution in [-0.2, 0) is 14.3 Å². The number of nitrogens with zero attached hydrogens (tertiary/aromatic N) is 2. The quantitative estimate of drug-likeness (QED) is 0.399. The smallest absolute Gasteiger partial charge is 0.238 e. The standard InChI is InChI=1S/C10H16N2O3S/c1-3-11-8(13)7-9(14)12(10(11)16)5-6-15-4-2/h3-7H2,1-2H3. The molecule has 5 nitrogen and oxygen atoms in total. The van der Waals surface area contributed by atoms with Gasteiger partial charge in [-0.05, 0) is 26.1 Å². The second-order valence-corrected chi connectivity index (χ2v) is 3.70. The molecule has 0 bridgehead atoms. The van der Waals surface area contributed by atoms with Gasteiger partial charge < -0.3 is 4.74 Å². The summed E-state index contributed by atoms with van der Waals surface area (Å²) in [6.07, 6.45) is -0.0971. The minimum absolute atomic E-state index is 0.0971. The Bertz CT molecular complexity index is 306. The van der Waals surface area contributed by atoms with Crippen LogP contribution in [0.3, 0.4) is 0 Å². The first-order valence-corrected chi connectivity index (χ1v) is 5.75. The van der Waals surface area contributed by atoms with Crippen LogP contribution in [0.2, 0.25) is 0 Å². The van der Waals surface area contributed by atoms with Crippen molar-refractivity contribution in [3.63, 3.8) is 0 Å². The minimum Gasteiger partial charge on any atom is -0.380 e. The molecule has 2 amide bonds. The van der Waals surface area contributed by atoms with Gasteiger partial charge in [-0.25, -0.2) is 0 Å². The summed E-state index contributed by atoms with van der Waals surface area (Å²) < 4.78 is 5.17. The van der Waals surface area contributed by atoms with Gasteiger partial charge in [0.1, 0.15) is 6.42 Å². The molecule has 0 atom stereocenters. The molecule has 6 heteroatoms. The summed E-state index contributed by atoms with van der Waals surface area (Å²) in [6.45, 7) is 5.67. The van der Waals surface area contributed by atoms with Crippen molar-refractivity contribution in [2.24, 2.45) is 0 Å². The number of thiocarbonyl (C=S) groups is 1. The van der Waals surface area contributed by atoms with E-state index in [2.05, 4.69) is 0 Å². The number of hydrogen-bond acceptors (Lipinski definition) is 4. The van der Waals surface area contributed by atoms with Gasteiger partial charge in [0.05, 0.1) is 13.2 Å². The van der Waals surface area contributed by atoms with Crippen molar-refractivity contribution in [1.82, 2.24) is 9.80 Å². The van der Waals surface area contributed by atoms with Gasteiger partial charge in [-0.1, -0.05) is 0 Å². The molecule has 0 aromatic carbocycles. The Morgan fingerprint density at radius 3 is 2.44 bits per heavy atom. The summed E-state index contributed by atoms with van der Waals surface area (Å²) in [7, 11) is 0. The van der Waals surface area contributed by atoms with Crippen LogP contribution in [0.5, 0.6) is 0 Å². The maximum absolute atomic E-state index is 11.6. The van der Waals surface area contributed by atoms with E-state index in [0.29, 0.717) is 31.4 Å². The molecular formula is C10H16N2O3S. The van der Waals surface area contributed by atoms with Crippen molar-refractivity contribution >= 4 is 29.1 Å². The van der Waals surface area contributed by atoms with Crippen molar-refractivity contribution in [2.75, 3.05) is 26.3 Å². The first-order valence-electron chi connectivity index (χ1n) is 5.34. The fraction of sp³-hybridized carbons (Fsp3) is 0.700. The number of carbonyl (C=O) groups is 2. The van der Waals surface area contributed by atoms with Gasteiger partial charge in [0.15, 0.2) is 5.11 Å². The third-order valence-corrected chi connectivity index (χ3v) is 2.79. The maximum Gasteiger partial charge on any atom is 0.238 e. The highest BCUT2D eigenvalue weighted by atomic mass is 32.1. The van der Waals surface area contributed by atoms with Crippen LogP contribution >= 0.6 is 12.2 Å². The van der Waals surface area contributed by atoms with Gasteiger partial charge in [0.2, 0.25) is 11.8 Å². The van der Waals surface area contributed by atoms with Crippen LogP contribution in [-0.4, -0.2) is 53.0 Å². The fourth-order valence-corrected chi connectivity index (χ4v) is 1.94. The lowest BCUT2D eigenvalue weighted by Gasteiger charge is -2.34. The lowest BCUT2D eigenvalue weighted by atomic mass is 10.2. The number of amides is 2. The fourth-order valence-electron chi connectivity index (χ4n) is 1.51. The molecule has 0 spiro atoms. The van der Waals surface area contributed by atoms with E-state index in [4.69, 9.17) is 17.0 Å². The van der Waals surface area contributed by atoms with E-state index in [0.717, 1.165) is 0 Å². The van der Waals surface area contributed by atoms with Crippen LogP contribution in [0.15, 0.2) is 0 Å². The SMILES string of the molecule is CCOCCN1C(=O)CC(=O)N(CC)C1=S. The van der Waals surface area contributed by atoms with Gasteiger partial charge >= 0.3 is 0 Å². The summed E-state index contributed by atoms with van der Waals surface area (Å²) in [4.78, 5) is 26.0. The van der Waals surface area contributed by atoms with E-state index in [-0.39, 0.29) is 18.2 Å². The Balaban J connectivity index is 2.64. The zero-order valence-electron chi connectivity index (χ0n) is 9.56. The van der Waals surface area contributed by atoms with E-state index in [9.17, 15) is 9.59 Å². The maximum atomic E-state index is 11.6. The summed E-state index contributed by atoms with van der Waals surface area (Å²) in [6, 6.07) is 0. The zero-order chi connectivity index (χ0) is 12.1. The van der Waals surface area contributed by atoms with Crippen LogP contribution in [0.1, 0.15) is 20.3 Å². The molecule has 0 saturated carbocycles. The molecule has 0 unspecified atom stereocenters. The highest BCUT2D eigenvalue weighted by Gasteiger charge is 2.33. The van der Waals surface area contributed by atoms with Crippen molar-refractivity contribution in [2.45, 2.75) is 20.3 Å². The van der Waals surface area contributed by atoms with Gasteiger partial charge in [-0.3, -0.25) is 19.4 Å². The van der Waals surface area contributed by atoms with E-state index in [1.54, 1.807) is 0 Å². The van der Waals surface area contributed by atoms with Gasteiger partial charge in [-0.2, -0.15) is 0 Å². The van der Waals surface area contributed by atoms with Crippen LogP contribution in [0, 0.1) is 0 Å². The van der Waals surface area contributed by atoms with E-state index < -0.39 is 0 Å². The summed E-state index contributed by atoms with van der Waals surface area (Å²) in [5.41, 5.74) is 0. The Hall–Kier alpha value is -1.01. The van der Waals surface area contributed by atoms with Gasteiger partial charge in [0.25, 0.3) is 0 Å². The molecule has 1 rings (SSSR count). The van der Waals surface area contributed by atoms with Gasteiger partial charge in [0, 0.05) is 13.2 Å². The number of ether oxygens (including phenoxy) is 1. The highest BCUT2D eigenvalue weighted by molar-refractivity contribution is 7.80. The third kappa shape index (κ3) is 2.76. The number of carbonyl (C=O) groups excluding carboxylic acids is 2. The molecule has 0 aromatic heterocycles. The molecule has 1 heterocycles. The lowest BCUT2D eigenvalue weighted by molar-refractivity contribution is -0.140. The normalized spacial score (nSPS) is 17.2. The molecule has 0 aliphatic carbocycles. The van der Waals surface area contributed by atoms with Crippen molar-refractivity contribution in [1.29, 1.82) is 0 Å². The Morgan fingerprint density at radius 2 is 1.88 bits per heavy atom. The molecular weight excluding hydrogens is 228 g/mol. The first kappa shape index (κ1) is 13.1. The number of rotatable bonds is 5. The Kier molecular flexibility index (Phi) is 4.82. The van der Waals surface area contributed by atoms with Crippen molar-refractivity contribution in [3.8, 4) is 0 Å². The Morgan fingerprint density at radius 1 is 1.25 bits per heavy atom. The predicted molar refractivity (Wildman–Crippen MR) is 62.8 cm³/mol. The summed E-state index contributed by atoms with van der Waals surface area (Å²) in [5, 5.41) is 0.295. The van der Waals surface area contributed by atoms with E-state index >= 15 is 0 Å². The topological polar surface area (TPSA) is 49.9 Å². The third-order valence-electron chi connectivity index (χ3n) is 2.35. The average molecular weight is 244 g/mol. The lowest BCUT2D eigenvalue weighted by Crippen LogP contribution is -2.55. The largest absolute Gasteiger partial charge is 0.380 e. The van der Waals surface area contributed by atoms with E-state index in [1.807, 2.05) is 13.8 Å². The number of hydrogen-bond donors (Lipinski definition) is 0. The van der Waals surface area contributed by atoms with Crippen molar-refractivity contribution < 1.29 is 14.3 Å². The average Bonchev–Trinajstić information content (AvgIpc) is 2.23. The molecule has 1 fully saturated rings. The molecule has 0 aromatic rings. The first-order chi connectivity index (χ1) is 7.61. The molecule has 1 saturated heterocycles. The molecule has 1 aliphatic heterocycles. The molecule has 0 radical (unpaired) electrons. The second kappa shape index (κ2) is 5.91. The highest BCUT2D eigenvalue weighted by Crippen LogP contribution is 2.11. The molecule has 90 valence electrons. The molecule has 1 aliphatic rings. The second-order valence-electron chi connectivity index (χ2n) is 3.34.